The number of ether oxygens (including phenoxy) is 2. The van der Waals surface area contributed by atoms with Crippen molar-refractivity contribution < 1.29 is 33.8 Å². The van der Waals surface area contributed by atoms with E-state index in [0.29, 0.717) is 56.3 Å². The number of carbonyl (C=O) groups is 4. The highest BCUT2D eigenvalue weighted by Gasteiger charge is 2.30. The number of nitrogens with one attached hydrogen (secondary N) is 3. The smallest absolute Gasteiger partial charge is 0.407 e. The summed E-state index contributed by atoms with van der Waals surface area (Å²) in [5.74, 6) is -1.30. The molecule has 0 saturated carbocycles. The Morgan fingerprint density at radius 2 is 1.93 bits per heavy atom. The van der Waals surface area contributed by atoms with Crippen LogP contribution in [0.4, 0.5) is 4.79 Å². The maximum absolute atomic E-state index is 13.4. The van der Waals surface area contributed by atoms with Crippen LogP contribution in [0.25, 0.3) is 0 Å². The zero-order chi connectivity index (χ0) is 30.5. The van der Waals surface area contributed by atoms with Gasteiger partial charge in [-0.25, -0.2) is 4.79 Å². The van der Waals surface area contributed by atoms with E-state index in [1.807, 2.05) is 25.1 Å². The molecule has 0 saturated heterocycles. The van der Waals surface area contributed by atoms with Gasteiger partial charge >= 0.3 is 6.09 Å². The molecule has 11 heteroatoms. The molecule has 1 heterocycles. The van der Waals surface area contributed by atoms with Gasteiger partial charge < -0.3 is 35.4 Å². The highest BCUT2D eigenvalue weighted by atomic mass is 16.6. The van der Waals surface area contributed by atoms with E-state index < -0.39 is 36.1 Å². The van der Waals surface area contributed by atoms with Crippen LogP contribution in [-0.4, -0.2) is 93.2 Å². The molecule has 4 N–H and O–H groups in total. The average molecular weight is 573 g/mol. The number of methoxy groups -OCH3 is 1. The monoisotopic (exact) mass is 572 g/mol. The number of likely N-dealkylation sites (N-methyl/N-ethyl adjacent to an activating group) is 1. The van der Waals surface area contributed by atoms with Gasteiger partial charge in [0, 0.05) is 44.5 Å². The SMILES string of the molecule is CNC(=O)OC1/C(C)=C/CC(O)CCCCC2=C(NCCN(C)C)C(=O)C=C(NC(=O)/C(C)=C/C=C\[C@@H]1OC)C2=O. The van der Waals surface area contributed by atoms with Crippen LogP contribution >= 0.6 is 0 Å². The van der Waals surface area contributed by atoms with Crippen molar-refractivity contribution in [2.24, 2.45) is 0 Å². The second-order valence-electron chi connectivity index (χ2n) is 10.4. The topological polar surface area (TPSA) is 146 Å². The Morgan fingerprint density at radius 3 is 2.59 bits per heavy atom. The molecule has 2 aliphatic rings. The molecule has 3 atom stereocenters. The summed E-state index contributed by atoms with van der Waals surface area (Å²) < 4.78 is 11.1. The van der Waals surface area contributed by atoms with E-state index in [1.165, 1.54) is 20.2 Å². The summed E-state index contributed by atoms with van der Waals surface area (Å²) >= 11 is 0. The predicted molar refractivity (Wildman–Crippen MR) is 156 cm³/mol. The van der Waals surface area contributed by atoms with E-state index in [4.69, 9.17) is 9.47 Å². The molecule has 226 valence electrons. The number of allylic oxidation sites excluding steroid dienone is 4. The van der Waals surface area contributed by atoms with Crippen molar-refractivity contribution >= 4 is 23.6 Å². The average Bonchev–Trinajstić information content (AvgIpc) is 2.93. The number of aliphatic hydroxyl groups excluding tert-OH is 1. The molecule has 1 aliphatic carbocycles. The molecule has 0 radical (unpaired) electrons. The number of amides is 2. The zero-order valence-corrected chi connectivity index (χ0v) is 24.9. The minimum Gasteiger partial charge on any atom is -0.439 e. The van der Waals surface area contributed by atoms with E-state index in [0.717, 1.165) is 6.08 Å². The molecule has 0 fully saturated rings. The van der Waals surface area contributed by atoms with Crippen LogP contribution < -0.4 is 16.0 Å². The van der Waals surface area contributed by atoms with Crippen molar-refractivity contribution in [3.8, 4) is 0 Å². The lowest BCUT2D eigenvalue weighted by atomic mass is 9.92. The third-order valence-corrected chi connectivity index (χ3v) is 6.84. The van der Waals surface area contributed by atoms with Crippen LogP contribution in [0.5, 0.6) is 0 Å². The Bertz CT molecular complexity index is 1130. The van der Waals surface area contributed by atoms with Gasteiger partial charge in [-0.1, -0.05) is 30.7 Å². The zero-order valence-electron chi connectivity index (χ0n) is 24.9. The number of nitrogens with zero attached hydrogens (tertiary/aromatic N) is 1. The maximum atomic E-state index is 13.4. The van der Waals surface area contributed by atoms with Crippen molar-refractivity contribution in [3.05, 3.63) is 58.5 Å². The summed E-state index contributed by atoms with van der Waals surface area (Å²) in [6.07, 6.45) is 7.32. The lowest BCUT2D eigenvalue weighted by molar-refractivity contribution is -0.120. The quantitative estimate of drug-likeness (QED) is 0.277. The maximum Gasteiger partial charge on any atom is 0.407 e. The highest BCUT2D eigenvalue weighted by molar-refractivity contribution is 6.23. The van der Waals surface area contributed by atoms with Gasteiger partial charge in [-0.2, -0.15) is 0 Å². The van der Waals surface area contributed by atoms with Crippen molar-refractivity contribution in [2.75, 3.05) is 41.3 Å². The van der Waals surface area contributed by atoms with Gasteiger partial charge in [0.15, 0.2) is 6.10 Å². The molecule has 2 amide bonds. The molecule has 0 aromatic carbocycles. The molecule has 1 aliphatic heterocycles. The fourth-order valence-electron chi connectivity index (χ4n) is 4.36. The Balaban J connectivity index is 2.41. The van der Waals surface area contributed by atoms with Gasteiger partial charge in [0.05, 0.1) is 17.5 Å². The third-order valence-electron chi connectivity index (χ3n) is 6.84. The number of hydrogen-bond acceptors (Lipinski definition) is 9. The summed E-state index contributed by atoms with van der Waals surface area (Å²) in [6, 6.07) is 0. The first-order chi connectivity index (χ1) is 19.5. The lowest BCUT2D eigenvalue weighted by Gasteiger charge is -2.25. The number of carbonyl (C=O) groups excluding carboxylic acids is 4. The van der Waals surface area contributed by atoms with E-state index in [9.17, 15) is 24.3 Å². The van der Waals surface area contributed by atoms with Crippen molar-refractivity contribution in [1.29, 1.82) is 0 Å². The molecular formula is C30H44N4O7. The normalized spacial score (nSPS) is 26.8. The van der Waals surface area contributed by atoms with Crippen LogP contribution in [0.2, 0.25) is 0 Å². The number of alkyl carbamates (subject to hydrolysis) is 1. The molecule has 2 unspecified atom stereocenters. The van der Waals surface area contributed by atoms with Crippen LogP contribution in [0.15, 0.2) is 58.5 Å². The molecule has 2 rings (SSSR count). The van der Waals surface area contributed by atoms with Gasteiger partial charge in [0.25, 0.3) is 5.91 Å². The van der Waals surface area contributed by atoms with Crippen LogP contribution in [0.1, 0.15) is 46.0 Å². The fourth-order valence-corrected chi connectivity index (χ4v) is 4.36. The van der Waals surface area contributed by atoms with Crippen LogP contribution in [-0.2, 0) is 23.9 Å². The van der Waals surface area contributed by atoms with Gasteiger partial charge in [0.2, 0.25) is 11.6 Å². The summed E-state index contributed by atoms with van der Waals surface area (Å²) in [6.45, 7) is 4.52. The van der Waals surface area contributed by atoms with E-state index in [-0.39, 0.29) is 22.8 Å². The van der Waals surface area contributed by atoms with Gasteiger partial charge in [-0.15, -0.1) is 0 Å². The van der Waals surface area contributed by atoms with Gasteiger partial charge in [-0.3, -0.25) is 14.4 Å². The summed E-state index contributed by atoms with van der Waals surface area (Å²) in [4.78, 5) is 53.3. The Kier molecular flexibility index (Phi) is 13.7. The Morgan fingerprint density at radius 1 is 1.20 bits per heavy atom. The molecule has 0 spiro atoms. The summed E-state index contributed by atoms with van der Waals surface area (Å²) in [5, 5.41) is 18.8. The van der Waals surface area contributed by atoms with Crippen LogP contribution in [0.3, 0.4) is 0 Å². The number of hydrogen-bond donors (Lipinski definition) is 4. The number of Topliss-reactive ketones (excluding diaryl/α,β-unsaturated/α-hetero) is 1. The molecular weight excluding hydrogens is 528 g/mol. The molecule has 0 aromatic rings. The van der Waals surface area contributed by atoms with Crippen molar-refractivity contribution in [3.63, 3.8) is 0 Å². The van der Waals surface area contributed by atoms with Crippen molar-refractivity contribution in [1.82, 2.24) is 20.9 Å². The summed E-state index contributed by atoms with van der Waals surface area (Å²) in [5.41, 5.74) is 1.49. The highest BCUT2D eigenvalue weighted by Crippen LogP contribution is 2.23. The number of aliphatic hydroxyl groups is 1. The molecule has 41 heavy (non-hydrogen) atoms. The first-order valence-corrected chi connectivity index (χ1v) is 13.8. The molecule has 11 nitrogen and oxygen atoms in total. The molecule has 0 aromatic heterocycles. The van der Waals surface area contributed by atoms with E-state index in [1.54, 1.807) is 26.0 Å². The van der Waals surface area contributed by atoms with Crippen molar-refractivity contribution in [2.45, 2.75) is 64.3 Å². The Hall–Kier alpha value is -3.54. The van der Waals surface area contributed by atoms with E-state index >= 15 is 0 Å². The van der Waals surface area contributed by atoms with Gasteiger partial charge in [-0.05, 0) is 59.2 Å². The Labute approximate surface area is 242 Å². The fraction of sp³-hybridized carbons (Fsp3) is 0.533. The lowest BCUT2D eigenvalue weighted by Crippen LogP contribution is -2.37. The summed E-state index contributed by atoms with van der Waals surface area (Å²) in [7, 11) is 6.76. The first kappa shape index (κ1) is 33.7. The molecule has 2 bridgehead atoms. The van der Waals surface area contributed by atoms with Gasteiger partial charge in [0.1, 0.15) is 6.10 Å². The number of ketones is 2. The number of fused-ring (bicyclic) bond motifs is 2. The first-order valence-electron chi connectivity index (χ1n) is 13.8. The second-order valence-corrected chi connectivity index (χ2v) is 10.4. The van der Waals surface area contributed by atoms with E-state index in [2.05, 4.69) is 16.0 Å². The van der Waals surface area contributed by atoms with Crippen LogP contribution in [0, 0.1) is 0 Å². The third kappa shape index (κ3) is 10.4. The predicted octanol–water partition coefficient (Wildman–Crippen LogP) is 2.06. The second kappa shape index (κ2) is 16.7. The largest absolute Gasteiger partial charge is 0.439 e. The number of rotatable bonds is 6. The minimum atomic E-state index is -0.772. The standard InChI is InChI=1S/C30H44N4O7/c1-19-14-15-21(35)11-7-8-12-22-26(32-16-17-34(4)5)24(36)18-23(27(22)37)33-29(38)20(2)10-9-13-25(40-6)28(19)41-30(39)31-3/h9-10,13-14,18,21,25,28,32,35H,7-8,11-12,15-17H2,1-6H3,(H,31,39)(H,33,38)/b13-9-,19-14+,20-10+/t21?,25-,28?/m0/s1. The minimum absolute atomic E-state index is 0.0727.